The van der Waals surface area contributed by atoms with Crippen molar-refractivity contribution >= 4 is 28.1 Å². The average Bonchev–Trinajstić information content (AvgIpc) is 2.35. The summed E-state index contributed by atoms with van der Waals surface area (Å²) in [6, 6.07) is 8.65. The van der Waals surface area contributed by atoms with E-state index in [1.54, 1.807) is 12.1 Å². The fourth-order valence-electron chi connectivity index (χ4n) is 1.58. The van der Waals surface area contributed by atoms with Crippen molar-refractivity contribution in [2.24, 2.45) is 5.73 Å². The molecule has 0 fully saturated rings. The van der Waals surface area contributed by atoms with Crippen LogP contribution in [0.4, 0.5) is 8.78 Å². The van der Waals surface area contributed by atoms with Gasteiger partial charge in [0.15, 0.2) is 6.61 Å². The van der Waals surface area contributed by atoms with Crippen molar-refractivity contribution in [3.05, 3.63) is 35.9 Å². The van der Waals surface area contributed by atoms with Crippen molar-refractivity contribution in [3.63, 3.8) is 0 Å². The number of alkyl halides is 2. The van der Waals surface area contributed by atoms with Gasteiger partial charge in [0.25, 0.3) is 6.43 Å². The molecule has 0 bridgehead atoms. The molecule has 3 nitrogen and oxygen atoms in total. The van der Waals surface area contributed by atoms with E-state index >= 15 is 0 Å². The number of fused-ring (bicyclic) bond motifs is 1. The van der Waals surface area contributed by atoms with E-state index in [1.165, 1.54) is 6.07 Å². The Bertz CT molecular complexity index is 589. The summed E-state index contributed by atoms with van der Waals surface area (Å²) in [6.07, 6.45) is -2.55. The number of benzene rings is 1. The zero-order valence-electron chi connectivity index (χ0n) is 9.27. The van der Waals surface area contributed by atoms with Crippen molar-refractivity contribution < 1.29 is 13.5 Å². The van der Waals surface area contributed by atoms with E-state index in [1.807, 2.05) is 12.1 Å². The van der Waals surface area contributed by atoms with E-state index in [4.69, 9.17) is 22.7 Å². The highest BCUT2D eigenvalue weighted by atomic mass is 32.1. The van der Waals surface area contributed by atoms with Gasteiger partial charge >= 0.3 is 0 Å². The minimum Gasteiger partial charge on any atom is -0.472 e. The first-order chi connectivity index (χ1) is 8.58. The van der Waals surface area contributed by atoms with Crippen LogP contribution in [0.15, 0.2) is 30.3 Å². The summed E-state index contributed by atoms with van der Waals surface area (Å²) >= 11 is 4.93. The third-order valence-corrected chi connectivity index (χ3v) is 2.54. The minimum absolute atomic E-state index is 0.0943. The van der Waals surface area contributed by atoms with Gasteiger partial charge in [-0.25, -0.2) is 13.8 Å². The maximum absolute atomic E-state index is 12.1. The van der Waals surface area contributed by atoms with Crippen LogP contribution in [0.1, 0.15) is 5.56 Å². The summed E-state index contributed by atoms with van der Waals surface area (Å²) in [7, 11) is 0. The SMILES string of the molecule is NC(=S)c1cc(OCC(F)F)nc2ccccc12. The normalized spacial score (nSPS) is 10.8. The van der Waals surface area contributed by atoms with Crippen LogP contribution in [0.2, 0.25) is 0 Å². The molecule has 0 atom stereocenters. The number of para-hydroxylation sites is 1. The molecule has 0 amide bonds. The molecule has 0 radical (unpaired) electrons. The summed E-state index contributed by atoms with van der Waals surface area (Å²) in [5.41, 5.74) is 6.78. The number of thiocarbonyl (C=S) groups is 1. The fourth-order valence-corrected chi connectivity index (χ4v) is 1.75. The van der Waals surface area contributed by atoms with Gasteiger partial charge in [0.1, 0.15) is 4.99 Å². The topological polar surface area (TPSA) is 48.1 Å². The van der Waals surface area contributed by atoms with Crippen LogP contribution in [0.3, 0.4) is 0 Å². The Morgan fingerprint density at radius 2 is 2.11 bits per heavy atom. The molecule has 18 heavy (non-hydrogen) atoms. The Labute approximate surface area is 108 Å². The van der Waals surface area contributed by atoms with Gasteiger partial charge in [-0.1, -0.05) is 30.4 Å². The smallest absolute Gasteiger partial charge is 0.272 e. The predicted molar refractivity (Wildman–Crippen MR) is 69.1 cm³/mol. The first-order valence-corrected chi connectivity index (χ1v) is 5.59. The van der Waals surface area contributed by atoms with Crippen LogP contribution < -0.4 is 10.5 Å². The number of pyridine rings is 1. The maximum atomic E-state index is 12.1. The van der Waals surface area contributed by atoms with E-state index in [0.29, 0.717) is 11.1 Å². The Hall–Kier alpha value is -1.82. The number of halogens is 2. The van der Waals surface area contributed by atoms with Crippen LogP contribution in [0.25, 0.3) is 10.9 Å². The maximum Gasteiger partial charge on any atom is 0.272 e. The van der Waals surface area contributed by atoms with Gasteiger partial charge in [0.2, 0.25) is 5.88 Å². The molecule has 0 aliphatic rings. The standard InChI is InChI=1S/C12H10F2N2OS/c13-10(14)6-17-11-5-8(12(15)18)7-3-1-2-4-9(7)16-11/h1-5,10H,6H2,(H2,15,18). The van der Waals surface area contributed by atoms with E-state index in [0.717, 1.165) is 5.39 Å². The molecule has 2 aromatic rings. The second kappa shape index (κ2) is 5.22. The molecule has 0 aliphatic carbocycles. The van der Waals surface area contributed by atoms with Crippen molar-refractivity contribution in [3.8, 4) is 5.88 Å². The van der Waals surface area contributed by atoms with Crippen LogP contribution in [0.5, 0.6) is 5.88 Å². The van der Waals surface area contributed by atoms with Gasteiger partial charge in [-0.2, -0.15) is 0 Å². The van der Waals surface area contributed by atoms with Crippen molar-refractivity contribution in [1.82, 2.24) is 4.98 Å². The summed E-state index contributed by atoms with van der Waals surface area (Å²) < 4.78 is 29.1. The zero-order valence-corrected chi connectivity index (χ0v) is 10.1. The molecule has 1 aromatic carbocycles. The number of rotatable bonds is 4. The Morgan fingerprint density at radius 1 is 1.39 bits per heavy atom. The summed E-state index contributed by atoms with van der Waals surface area (Å²) in [5.74, 6) is 0.0943. The second-order valence-corrected chi connectivity index (χ2v) is 4.03. The number of hydrogen-bond donors (Lipinski definition) is 1. The van der Waals surface area contributed by atoms with E-state index in [9.17, 15) is 8.78 Å². The summed E-state index contributed by atoms with van der Waals surface area (Å²) in [5, 5.41) is 0.773. The minimum atomic E-state index is -2.55. The van der Waals surface area contributed by atoms with Gasteiger partial charge in [-0.05, 0) is 6.07 Å². The third kappa shape index (κ3) is 2.70. The van der Waals surface area contributed by atoms with Crippen molar-refractivity contribution in [1.29, 1.82) is 0 Å². The molecular weight excluding hydrogens is 258 g/mol. The van der Waals surface area contributed by atoms with Crippen LogP contribution >= 0.6 is 12.2 Å². The summed E-state index contributed by atoms with van der Waals surface area (Å²) in [6.45, 7) is -0.706. The van der Waals surface area contributed by atoms with Gasteiger partial charge in [0, 0.05) is 17.0 Å². The molecular formula is C12H10F2N2OS. The second-order valence-electron chi connectivity index (χ2n) is 3.59. The third-order valence-electron chi connectivity index (χ3n) is 2.32. The number of nitrogens with zero attached hydrogens (tertiary/aromatic N) is 1. The van der Waals surface area contributed by atoms with Crippen molar-refractivity contribution in [2.45, 2.75) is 6.43 Å². The molecule has 2 N–H and O–H groups in total. The molecule has 1 heterocycles. The molecule has 2 rings (SSSR count). The molecule has 0 saturated heterocycles. The van der Waals surface area contributed by atoms with E-state index in [2.05, 4.69) is 4.98 Å². The van der Waals surface area contributed by atoms with Crippen LogP contribution in [0, 0.1) is 0 Å². The Kier molecular flexibility index (Phi) is 3.66. The molecule has 0 saturated carbocycles. The number of aromatic nitrogens is 1. The van der Waals surface area contributed by atoms with Gasteiger partial charge < -0.3 is 10.5 Å². The quantitative estimate of drug-likeness (QED) is 0.866. The predicted octanol–water partition coefficient (Wildman–Crippen LogP) is 2.51. The Balaban J connectivity index is 2.47. The highest BCUT2D eigenvalue weighted by molar-refractivity contribution is 7.80. The van der Waals surface area contributed by atoms with Crippen molar-refractivity contribution in [2.75, 3.05) is 6.61 Å². The van der Waals surface area contributed by atoms with Crippen LogP contribution in [-0.4, -0.2) is 23.0 Å². The number of nitrogens with two attached hydrogens (primary N) is 1. The fraction of sp³-hybridized carbons (Fsp3) is 0.167. The highest BCUT2D eigenvalue weighted by Crippen LogP contribution is 2.22. The highest BCUT2D eigenvalue weighted by Gasteiger charge is 2.10. The van der Waals surface area contributed by atoms with Gasteiger partial charge in [0.05, 0.1) is 5.52 Å². The van der Waals surface area contributed by atoms with E-state index in [-0.39, 0.29) is 10.9 Å². The lowest BCUT2D eigenvalue weighted by Gasteiger charge is -2.09. The van der Waals surface area contributed by atoms with Gasteiger partial charge in [-0.15, -0.1) is 0 Å². The molecule has 0 unspecified atom stereocenters. The monoisotopic (exact) mass is 268 g/mol. The number of ether oxygens (including phenoxy) is 1. The lowest BCUT2D eigenvalue weighted by Crippen LogP contribution is -2.12. The van der Waals surface area contributed by atoms with Gasteiger partial charge in [-0.3, -0.25) is 0 Å². The lowest BCUT2D eigenvalue weighted by molar-refractivity contribution is 0.0797. The first kappa shape index (κ1) is 12.6. The molecule has 6 heteroatoms. The lowest BCUT2D eigenvalue weighted by atomic mass is 10.1. The first-order valence-electron chi connectivity index (χ1n) is 5.18. The molecule has 1 aromatic heterocycles. The van der Waals surface area contributed by atoms with E-state index < -0.39 is 13.0 Å². The summed E-state index contributed by atoms with van der Waals surface area (Å²) in [4.78, 5) is 4.30. The Morgan fingerprint density at radius 3 is 2.78 bits per heavy atom. The largest absolute Gasteiger partial charge is 0.472 e. The molecule has 0 spiro atoms. The van der Waals surface area contributed by atoms with Crippen LogP contribution in [-0.2, 0) is 0 Å². The molecule has 0 aliphatic heterocycles. The molecule has 94 valence electrons. The zero-order chi connectivity index (χ0) is 13.1. The number of hydrogen-bond acceptors (Lipinski definition) is 3. The average molecular weight is 268 g/mol.